The first-order valence-corrected chi connectivity index (χ1v) is 8.66. The van der Waals surface area contributed by atoms with Gasteiger partial charge in [-0.15, -0.1) is 0 Å². The number of nitrogens with zero attached hydrogens (tertiary/aromatic N) is 1. The quantitative estimate of drug-likeness (QED) is 0.440. The number of rotatable bonds is 4. The molecular formula is C18H11Cl4NO2. The number of halogens is 4. The average Bonchev–Trinajstić information content (AvgIpc) is 2.56. The second-order valence-corrected chi connectivity index (χ2v) is 6.78. The van der Waals surface area contributed by atoms with Crippen molar-refractivity contribution in [1.29, 1.82) is 0 Å². The highest BCUT2D eigenvalue weighted by atomic mass is 35.5. The number of pyridine rings is 1. The van der Waals surface area contributed by atoms with Gasteiger partial charge in [-0.05, 0) is 49.4 Å². The minimum Gasteiger partial charge on any atom is -0.455 e. The van der Waals surface area contributed by atoms with Crippen LogP contribution in [0, 0.1) is 6.92 Å². The largest absolute Gasteiger partial charge is 0.455 e. The van der Waals surface area contributed by atoms with E-state index in [2.05, 4.69) is 4.98 Å². The van der Waals surface area contributed by atoms with Crippen LogP contribution in [0.4, 0.5) is 0 Å². The van der Waals surface area contributed by atoms with E-state index in [4.69, 9.17) is 55.9 Å². The first kappa shape index (κ1) is 18.2. The molecule has 3 rings (SSSR count). The summed E-state index contributed by atoms with van der Waals surface area (Å²) in [4.78, 5) is 4.23. The van der Waals surface area contributed by atoms with Crippen LogP contribution >= 0.6 is 46.4 Å². The highest BCUT2D eigenvalue weighted by Gasteiger charge is 2.13. The van der Waals surface area contributed by atoms with Crippen molar-refractivity contribution in [3.8, 4) is 23.1 Å². The standard InChI is InChI=1S/C18H11Cl4NO2/c1-10-15(24-16-4-2-11(19)8-13(16)21)6-7-23-18(10)25-17-5-3-12(20)9-14(17)22/h2-9H,1H3. The molecule has 0 atom stereocenters. The molecule has 0 aliphatic heterocycles. The average molecular weight is 415 g/mol. The van der Waals surface area contributed by atoms with Gasteiger partial charge in [-0.3, -0.25) is 0 Å². The summed E-state index contributed by atoms with van der Waals surface area (Å²) in [5.74, 6) is 1.85. The van der Waals surface area contributed by atoms with Crippen LogP contribution in [0.2, 0.25) is 20.1 Å². The Balaban J connectivity index is 1.89. The normalized spacial score (nSPS) is 10.6. The zero-order chi connectivity index (χ0) is 18.0. The van der Waals surface area contributed by atoms with Crippen LogP contribution in [-0.4, -0.2) is 4.98 Å². The summed E-state index contributed by atoms with van der Waals surface area (Å²) in [6.45, 7) is 1.82. The number of aromatic nitrogens is 1. The van der Waals surface area contributed by atoms with Gasteiger partial charge in [0.15, 0.2) is 0 Å². The van der Waals surface area contributed by atoms with Crippen molar-refractivity contribution in [2.75, 3.05) is 0 Å². The molecule has 0 amide bonds. The van der Waals surface area contributed by atoms with Crippen molar-refractivity contribution >= 4 is 46.4 Å². The smallest absolute Gasteiger partial charge is 0.225 e. The van der Waals surface area contributed by atoms with E-state index in [1.165, 1.54) is 0 Å². The fourth-order valence-corrected chi connectivity index (χ4v) is 2.95. The molecule has 0 aliphatic rings. The molecule has 0 saturated heterocycles. The molecule has 2 aromatic carbocycles. The molecule has 128 valence electrons. The van der Waals surface area contributed by atoms with E-state index in [0.717, 1.165) is 0 Å². The van der Waals surface area contributed by atoms with Crippen LogP contribution in [0.3, 0.4) is 0 Å². The summed E-state index contributed by atoms with van der Waals surface area (Å²) in [5.41, 5.74) is 0.694. The van der Waals surface area contributed by atoms with E-state index in [1.54, 1.807) is 48.7 Å². The summed E-state index contributed by atoms with van der Waals surface area (Å²) in [7, 11) is 0. The molecule has 0 spiro atoms. The number of hydrogen-bond acceptors (Lipinski definition) is 3. The summed E-state index contributed by atoms with van der Waals surface area (Å²) in [6.07, 6.45) is 1.57. The van der Waals surface area contributed by atoms with Crippen LogP contribution in [0.25, 0.3) is 0 Å². The minimum atomic E-state index is 0.367. The number of benzene rings is 2. The Hall–Kier alpha value is -1.65. The molecule has 1 aromatic heterocycles. The SMILES string of the molecule is Cc1c(Oc2ccc(Cl)cc2Cl)ccnc1Oc1ccc(Cl)cc1Cl. The summed E-state index contributed by atoms with van der Waals surface area (Å²) in [6, 6.07) is 11.7. The third-order valence-electron chi connectivity index (χ3n) is 3.32. The molecule has 0 radical (unpaired) electrons. The lowest BCUT2D eigenvalue weighted by atomic mass is 10.2. The van der Waals surface area contributed by atoms with Crippen LogP contribution in [0.15, 0.2) is 48.7 Å². The maximum atomic E-state index is 6.15. The van der Waals surface area contributed by atoms with Gasteiger partial charge in [-0.25, -0.2) is 4.98 Å². The predicted molar refractivity (Wildman–Crippen MR) is 102 cm³/mol. The zero-order valence-electron chi connectivity index (χ0n) is 12.9. The molecule has 1 heterocycles. The maximum Gasteiger partial charge on any atom is 0.225 e. The summed E-state index contributed by atoms with van der Waals surface area (Å²) in [5, 5.41) is 1.86. The van der Waals surface area contributed by atoms with E-state index in [0.29, 0.717) is 48.8 Å². The Morgan fingerprint density at radius 2 is 1.28 bits per heavy atom. The molecule has 7 heteroatoms. The van der Waals surface area contributed by atoms with Crippen molar-refractivity contribution in [3.05, 3.63) is 74.3 Å². The van der Waals surface area contributed by atoms with Crippen molar-refractivity contribution < 1.29 is 9.47 Å². The van der Waals surface area contributed by atoms with Crippen molar-refractivity contribution in [2.45, 2.75) is 6.92 Å². The molecule has 0 saturated carbocycles. The molecule has 25 heavy (non-hydrogen) atoms. The topological polar surface area (TPSA) is 31.4 Å². The van der Waals surface area contributed by atoms with Crippen LogP contribution in [0.5, 0.6) is 23.1 Å². The van der Waals surface area contributed by atoms with Crippen molar-refractivity contribution in [2.24, 2.45) is 0 Å². The van der Waals surface area contributed by atoms with Gasteiger partial charge in [0.1, 0.15) is 17.2 Å². The molecule has 3 nitrogen and oxygen atoms in total. The van der Waals surface area contributed by atoms with Gasteiger partial charge in [-0.1, -0.05) is 46.4 Å². The predicted octanol–water partition coefficient (Wildman–Crippen LogP) is 7.59. The van der Waals surface area contributed by atoms with Crippen LogP contribution in [0.1, 0.15) is 5.56 Å². The van der Waals surface area contributed by atoms with Crippen molar-refractivity contribution in [1.82, 2.24) is 4.98 Å². The zero-order valence-corrected chi connectivity index (χ0v) is 15.9. The molecule has 0 bridgehead atoms. The monoisotopic (exact) mass is 413 g/mol. The van der Waals surface area contributed by atoms with E-state index in [1.807, 2.05) is 6.92 Å². The van der Waals surface area contributed by atoms with Crippen molar-refractivity contribution in [3.63, 3.8) is 0 Å². The van der Waals surface area contributed by atoms with Gasteiger partial charge in [-0.2, -0.15) is 0 Å². The number of hydrogen-bond donors (Lipinski definition) is 0. The van der Waals surface area contributed by atoms with Crippen LogP contribution < -0.4 is 9.47 Å². The third kappa shape index (κ3) is 4.31. The Labute approximate surface area is 165 Å². The molecule has 0 N–H and O–H groups in total. The lowest BCUT2D eigenvalue weighted by Crippen LogP contribution is -1.95. The molecule has 3 aromatic rings. The molecule has 0 aliphatic carbocycles. The highest BCUT2D eigenvalue weighted by Crippen LogP contribution is 2.37. The van der Waals surface area contributed by atoms with E-state index < -0.39 is 0 Å². The number of ether oxygens (including phenoxy) is 2. The minimum absolute atomic E-state index is 0.367. The second-order valence-electron chi connectivity index (χ2n) is 5.09. The molecule has 0 unspecified atom stereocenters. The van der Waals surface area contributed by atoms with Gasteiger partial charge in [0, 0.05) is 16.2 Å². The van der Waals surface area contributed by atoms with Crippen LogP contribution in [-0.2, 0) is 0 Å². The highest BCUT2D eigenvalue weighted by molar-refractivity contribution is 6.36. The Bertz CT molecular complexity index is 859. The third-order valence-corrected chi connectivity index (χ3v) is 4.38. The Morgan fingerprint density at radius 3 is 1.84 bits per heavy atom. The lowest BCUT2D eigenvalue weighted by Gasteiger charge is -2.14. The summed E-state index contributed by atoms with van der Waals surface area (Å²) >= 11 is 24.1. The Morgan fingerprint density at radius 1 is 0.720 bits per heavy atom. The van der Waals surface area contributed by atoms with Gasteiger partial charge in [0.25, 0.3) is 0 Å². The fraction of sp³-hybridized carbons (Fsp3) is 0.0556. The molecular weight excluding hydrogens is 404 g/mol. The van der Waals surface area contributed by atoms with E-state index in [-0.39, 0.29) is 0 Å². The first-order chi connectivity index (χ1) is 11.9. The molecule has 0 fully saturated rings. The van der Waals surface area contributed by atoms with Gasteiger partial charge >= 0.3 is 0 Å². The Kier molecular flexibility index (Phi) is 5.60. The maximum absolute atomic E-state index is 6.15. The second kappa shape index (κ2) is 7.71. The lowest BCUT2D eigenvalue weighted by molar-refractivity contribution is 0.439. The summed E-state index contributed by atoms with van der Waals surface area (Å²) < 4.78 is 11.6. The van der Waals surface area contributed by atoms with E-state index in [9.17, 15) is 0 Å². The van der Waals surface area contributed by atoms with E-state index >= 15 is 0 Å². The van der Waals surface area contributed by atoms with Gasteiger partial charge < -0.3 is 9.47 Å². The van der Waals surface area contributed by atoms with Gasteiger partial charge in [0.05, 0.1) is 15.6 Å². The van der Waals surface area contributed by atoms with Gasteiger partial charge in [0.2, 0.25) is 5.88 Å². The first-order valence-electron chi connectivity index (χ1n) is 7.15. The fourth-order valence-electron chi connectivity index (χ4n) is 2.05.